The van der Waals surface area contributed by atoms with Crippen LogP contribution in [0.1, 0.15) is 35.6 Å². The summed E-state index contributed by atoms with van der Waals surface area (Å²) in [5.74, 6) is 0.874. The Labute approximate surface area is 148 Å². The van der Waals surface area contributed by atoms with Crippen LogP contribution in [0.5, 0.6) is 5.75 Å². The van der Waals surface area contributed by atoms with Crippen LogP contribution >= 0.6 is 0 Å². The Bertz CT molecular complexity index is 855. The van der Waals surface area contributed by atoms with Crippen LogP contribution in [0, 0.1) is 0 Å². The minimum absolute atomic E-state index is 0.307. The molecule has 1 atom stereocenters. The Kier molecular flexibility index (Phi) is 4.53. The van der Waals surface area contributed by atoms with Crippen LogP contribution in [0.4, 0.5) is 0 Å². The Balaban J connectivity index is 1.55. The maximum atomic E-state index is 10.1. The molecule has 0 aromatic heterocycles. The minimum atomic E-state index is -0.307. The predicted octanol–water partition coefficient (Wildman–Crippen LogP) is 5.30. The van der Waals surface area contributed by atoms with Crippen molar-refractivity contribution in [2.24, 2.45) is 0 Å². The van der Waals surface area contributed by atoms with E-state index in [4.69, 9.17) is 4.74 Å². The molecule has 1 N–H and O–H groups in total. The number of hydrogen-bond donors (Lipinski definition) is 1. The van der Waals surface area contributed by atoms with Gasteiger partial charge in [-0.3, -0.25) is 0 Å². The fourth-order valence-corrected chi connectivity index (χ4v) is 3.47. The lowest BCUT2D eigenvalue weighted by atomic mass is 9.87. The number of aryl methyl sites for hydroxylation is 1. The molecule has 3 aromatic carbocycles. The van der Waals surface area contributed by atoms with Crippen molar-refractivity contribution in [1.29, 1.82) is 0 Å². The van der Waals surface area contributed by atoms with E-state index >= 15 is 0 Å². The molecule has 1 aliphatic carbocycles. The number of benzene rings is 3. The van der Waals surface area contributed by atoms with E-state index < -0.39 is 0 Å². The fourth-order valence-electron chi connectivity index (χ4n) is 3.47. The molecular weight excluding hydrogens is 308 g/mol. The summed E-state index contributed by atoms with van der Waals surface area (Å²) in [6.45, 7) is 0.570. The van der Waals surface area contributed by atoms with E-state index in [1.54, 1.807) is 0 Å². The van der Waals surface area contributed by atoms with Crippen LogP contribution in [0.15, 0.2) is 72.8 Å². The number of hydrogen-bond acceptors (Lipinski definition) is 2. The highest BCUT2D eigenvalue weighted by Crippen LogP contribution is 2.33. The predicted molar refractivity (Wildman–Crippen MR) is 101 cm³/mol. The summed E-state index contributed by atoms with van der Waals surface area (Å²) in [6, 6.07) is 24.8. The third-order valence-corrected chi connectivity index (χ3v) is 4.84. The molecule has 0 amide bonds. The molecule has 0 spiro atoms. The largest absolute Gasteiger partial charge is 0.489 e. The normalized spacial score (nSPS) is 16.3. The van der Waals surface area contributed by atoms with Gasteiger partial charge >= 0.3 is 0 Å². The highest BCUT2D eigenvalue weighted by Gasteiger charge is 2.18. The molecule has 0 bridgehead atoms. The molecule has 0 aliphatic heterocycles. The quantitative estimate of drug-likeness (QED) is 0.703. The molecule has 0 saturated carbocycles. The SMILES string of the molecule is OC1CCCc2cc(-c3cccc(OCc4ccccc4)c3)ccc21. The molecule has 0 heterocycles. The number of aliphatic hydroxyl groups excluding tert-OH is 1. The third kappa shape index (κ3) is 3.59. The molecular formula is C23H22O2. The highest BCUT2D eigenvalue weighted by molar-refractivity contribution is 5.66. The number of ether oxygens (including phenoxy) is 1. The molecule has 25 heavy (non-hydrogen) atoms. The van der Waals surface area contributed by atoms with Crippen molar-refractivity contribution >= 4 is 0 Å². The lowest BCUT2D eigenvalue weighted by molar-refractivity contribution is 0.156. The average molecular weight is 330 g/mol. The van der Waals surface area contributed by atoms with Crippen molar-refractivity contribution in [3.8, 4) is 16.9 Å². The molecule has 0 fully saturated rings. The summed E-state index contributed by atoms with van der Waals surface area (Å²) >= 11 is 0. The second kappa shape index (κ2) is 7.12. The Hall–Kier alpha value is -2.58. The smallest absolute Gasteiger partial charge is 0.120 e. The first-order valence-corrected chi connectivity index (χ1v) is 8.88. The molecule has 2 nitrogen and oxygen atoms in total. The number of aliphatic hydroxyl groups is 1. The van der Waals surface area contributed by atoms with Crippen molar-refractivity contribution in [1.82, 2.24) is 0 Å². The number of rotatable bonds is 4. The molecule has 1 aliphatic rings. The maximum absolute atomic E-state index is 10.1. The van der Waals surface area contributed by atoms with Gasteiger partial charge < -0.3 is 9.84 Å². The van der Waals surface area contributed by atoms with E-state index in [-0.39, 0.29) is 6.10 Å². The lowest BCUT2D eigenvalue weighted by Crippen LogP contribution is -2.08. The topological polar surface area (TPSA) is 29.5 Å². The van der Waals surface area contributed by atoms with Crippen LogP contribution < -0.4 is 4.74 Å². The van der Waals surface area contributed by atoms with E-state index in [1.165, 1.54) is 11.1 Å². The number of fused-ring (bicyclic) bond motifs is 1. The van der Waals surface area contributed by atoms with Gasteiger partial charge in [0.05, 0.1) is 6.10 Å². The zero-order chi connectivity index (χ0) is 17.1. The van der Waals surface area contributed by atoms with Gasteiger partial charge in [-0.05, 0) is 59.2 Å². The van der Waals surface area contributed by atoms with E-state index in [1.807, 2.05) is 30.3 Å². The Morgan fingerprint density at radius 1 is 0.880 bits per heavy atom. The first kappa shape index (κ1) is 15.9. The van der Waals surface area contributed by atoms with Crippen LogP contribution in [0.25, 0.3) is 11.1 Å². The lowest BCUT2D eigenvalue weighted by Gasteiger charge is -2.22. The second-order valence-electron chi connectivity index (χ2n) is 6.62. The molecule has 2 heteroatoms. The van der Waals surface area contributed by atoms with Gasteiger partial charge in [-0.25, -0.2) is 0 Å². The highest BCUT2D eigenvalue weighted by atomic mass is 16.5. The molecule has 0 saturated heterocycles. The standard InChI is InChI=1S/C23H22O2/c24-23-11-5-9-20-14-19(12-13-22(20)23)18-8-4-10-21(15-18)25-16-17-6-2-1-3-7-17/h1-4,6-8,10,12-15,23-24H,5,9,11,16H2. The van der Waals surface area contributed by atoms with Gasteiger partial charge in [-0.2, -0.15) is 0 Å². The van der Waals surface area contributed by atoms with E-state index in [0.717, 1.165) is 41.7 Å². The van der Waals surface area contributed by atoms with Gasteiger partial charge in [0.15, 0.2) is 0 Å². The van der Waals surface area contributed by atoms with Gasteiger partial charge in [0.1, 0.15) is 12.4 Å². The van der Waals surface area contributed by atoms with E-state index in [2.05, 4.69) is 42.5 Å². The first-order valence-electron chi connectivity index (χ1n) is 8.88. The van der Waals surface area contributed by atoms with Crippen molar-refractivity contribution in [2.75, 3.05) is 0 Å². The fraction of sp³-hybridized carbons (Fsp3) is 0.217. The maximum Gasteiger partial charge on any atom is 0.120 e. The van der Waals surface area contributed by atoms with E-state index in [9.17, 15) is 5.11 Å². The first-order chi connectivity index (χ1) is 12.3. The zero-order valence-electron chi connectivity index (χ0n) is 14.2. The Morgan fingerprint density at radius 2 is 1.72 bits per heavy atom. The molecule has 0 radical (unpaired) electrons. The van der Waals surface area contributed by atoms with Crippen LogP contribution in [-0.2, 0) is 13.0 Å². The van der Waals surface area contributed by atoms with Gasteiger partial charge in [-0.1, -0.05) is 60.7 Å². The zero-order valence-corrected chi connectivity index (χ0v) is 14.2. The summed E-state index contributed by atoms with van der Waals surface area (Å²) in [6.07, 6.45) is 2.66. The van der Waals surface area contributed by atoms with Gasteiger partial charge in [-0.15, -0.1) is 0 Å². The molecule has 126 valence electrons. The van der Waals surface area contributed by atoms with Crippen LogP contribution in [0.3, 0.4) is 0 Å². The Morgan fingerprint density at radius 3 is 2.60 bits per heavy atom. The van der Waals surface area contributed by atoms with E-state index in [0.29, 0.717) is 6.61 Å². The summed E-state index contributed by atoms with van der Waals surface area (Å²) in [7, 11) is 0. The summed E-state index contributed by atoms with van der Waals surface area (Å²) in [5.41, 5.74) is 5.85. The van der Waals surface area contributed by atoms with Gasteiger partial charge in [0.25, 0.3) is 0 Å². The minimum Gasteiger partial charge on any atom is -0.489 e. The van der Waals surface area contributed by atoms with Crippen molar-refractivity contribution < 1.29 is 9.84 Å². The van der Waals surface area contributed by atoms with Crippen molar-refractivity contribution in [3.05, 3.63) is 89.5 Å². The summed E-state index contributed by atoms with van der Waals surface area (Å²) in [5, 5.41) is 10.1. The second-order valence-corrected chi connectivity index (χ2v) is 6.62. The molecule has 4 rings (SSSR count). The summed E-state index contributed by atoms with van der Waals surface area (Å²) in [4.78, 5) is 0. The monoisotopic (exact) mass is 330 g/mol. The molecule has 3 aromatic rings. The van der Waals surface area contributed by atoms with Crippen molar-refractivity contribution in [2.45, 2.75) is 32.0 Å². The average Bonchev–Trinajstić information content (AvgIpc) is 2.67. The van der Waals surface area contributed by atoms with Gasteiger partial charge in [0, 0.05) is 0 Å². The van der Waals surface area contributed by atoms with Gasteiger partial charge in [0.2, 0.25) is 0 Å². The van der Waals surface area contributed by atoms with Crippen LogP contribution in [0.2, 0.25) is 0 Å². The molecule has 1 unspecified atom stereocenters. The van der Waals surface area contributed by atoms with Crippen molar-refractivity contribution in [3.63, 3.8) is 0 Å². The van der Waals surface area contributed by atoms with Crippen LogP contribution in [-0.4, -0.2) is 5.11 Å². The summed E-state index contributed by atoms with van der Waals surface area (Å²) < 4.78 is 5.94. The third-order valence-electron chi connectivity index (χ3n) is 4.84.